The molecule has 0 amide bonds. The van der Waals surface area contributed by atoms with E-state index < -0.39 is 0 Å². The standard InChI is InChI=1S/C18H21FN4.HI/c1-20-17(22-12-16-4-2-3-11-21-16)23-13-18(9-10-18)14-5-7-15(19)8-6-14;/h2-8,11H,9-10,12-13H2,1H3,(H2,20,22,23);1H. The van der Waals surface area contributed by atoms with Crippen molar-refractivity contribution in [2.75, 3.05) is 13.6 Å². The van der Waals surface area contributed by atoms with Crippen molar-refractivity contribution in [2.45, 2.75) is 24.8 Å². The summed E-state index contributed by atoms with van der Waals surface area (Å²) in [7, 11) is 1.76. The molecule has 1 fully saturated rings. The number of rotatable bonds is 5. The van der Waals surface area contributed by atoms with Gasteiger partial charge in [0.2, 0.25) is 0 Å². The van der Waals surface area contributed by atoms with Gasteiger partial charge in [-0.15, -0.1) is 24.0 Å². The predicted molar refractivity (Wildman–Crippen MR) is 105 cm³/mol. The van der Waals surface area contributed by atoms with E-state index in [9.17, 15) is 4.39 Å². The lowest BCUT2D eigenvalue weighted by Crippen LogP contribution is -2.41. The number of halogens is 2. The first-order chi connectivity index (χ1) is 11.2. The van der Waals surface area contributed by atoms with E-state index in [1.54, 1.807) is 13.2 Å². The van der Waals surface area contributed by atoms with Gasteiger partial charge in [0.05, 0.1) is 12.2 Å². The van der Waals surface area contributed by atoms with E-state index in [0.717, 1.165) is 31.0 Å². The Bertz CT molecular complexity index is 669. The third kappa shape index (κ3) is 4.66. The molecule has 0 saturated heterocycles. The van der Waals surface area contributed by atoms with Gasteiger partial charge in [-0.25, -0.2) is 4.39 Å². The molecule has 0 aliphatic heterocycles. The Morgan fingerprint density at radius 1 is 1.17 bits per heavy atom. The molecule has 0 atom stereocenters. The summed E-state index contributed by atoms with van der Waals surface area (Å²) in [6.07, 6.45) is 4.01. The normalized spacial score (nSPS) is 15.3. The molecule has 0 radical (unpaired) electrons. The highest BCUT2D eigenvalue weighted by atomic mass is 127. The number of aliphatic imine (C=N–C) groups is 1. The summed E-state index contributed by atoms with van der Waals surface area (Å²) in [4.78, 5) is 8.53. The quantitative estimate of drug-likeness (QED) is 0.427. The van der Waals surface area contributed by atoms with Gasteiger partial charge in [-0.05, 0) is 42.7 Å². The summed E-state index contributed by atoms with van der Waals surface area (Å²) in [6, 6.07) is 12.7. The van der Waals surface area contributed by atoms with Crippen LogP contribution in [0.25, 0.3) is 0 Å². The van der Waals surface area contributed by atoms with Gasteiger partial charge >= 0.3 is 0 Å². The Labute approximate surface area is 159 Å². The zero-order valence-electron chi connectivity index (χ0n) is 13.6. The first-order valence-corrected chi connectivity index (χ1v) is 7.82. The number of hydrogen-bond acceptors (Lipinski definition) is 2. The van der Waals surface area contributed by atoms with Gasteiger partial charge < -0.3 is 10.6 Å². The highest BCUT2D eigenvalue weighted by Gasteiger charge is 2.44. The fourth-order valence-corrected chi connectivity index (χ4v) is 2.67. The van der Waals surface area contributed by atoms with Gasteiger partial charge in [0, 0.05) is 25.2 Å². The Morgan fingerprint density at radius 3 is 2.50 bits per heavy atom. The third-order valence-electron chi connectivity index (χ3n) is 4.29. The third-order valence-corrected chi connectivity index (χ3v) is 4.29. The van der Waals surface area contributed by atoms with Crippen molar-refractivity contribution >= 4 is 29.9 Å². The minimum absolute atomic E-state index is 0. The van der Waals surface area contributed by atoms with Crippen LogP contribution in [0.1, 0.15) is 24.1 Å². The molecular formula is C18H22FIN4. The van der Waals surface area contributed by atoms with Crippen LogP contribution in [0.5, 0.6) is 0 Å². The molecule has 1 aromatic heterocycles. The second kappa shape index (κ2) is 8.41. The van der Waals surface area contributed by atoms with Crippen LogP contribution < -0.4 is 10.6 Å². The lowest BCUT2D eigenvalue weighted by Gasteiger charge is -2.19. The smallest absolute Gasteiger partial charge is 0.191 e. The van der Waals surface area contributed by atoms with Crippen LogP contribution >= 0.6 is 24.0 Å². The van der Waals surface area contributed by atoms with E-state index in [1.807, 2.05) is 30.3 Å². The topological polar surface area (TPSA) is 49.3 Å². The summed E-state index contributed by atoms with van der Waals surface area (Å²) < 4.78 is 13.1. The Hall–Kier alpha value is -1.70. The SMILES string of the molecule is CN=C(NCc1ccccn1)NCC1(c2ccc(F)cc2)CC1.I. The summed E-state index contributed by atoms with van der Waals surface area (Å²) in [5, 5.41) is 6.64. The predicted octanol–water partition coefficient (Wildman–Crippen LogP) is 3.24. The van der Waals surface area contributed by atoms with Gasteiger partial charge in [-0.3, -0.25) is 9.98 Å². The summed E-state index contributed by atoms with van der Waals surface area (Å²) in [5.41, 5.74) is 2.26. The molecule has 1 aliphatic carbocycles. The van der Waals surface area contributed by atoms with Crippen LogP contribution in [0.3, 0.4) is 0 Å². The van der Waals surface area contributed by atoms with Crippen molar-refractivity contribution in [1.82, 2.24) is 15.6 Å². The van der Waals surface area contributed by atoms with Crippen LogP contribution in [0.2, 0.25) is 0 Å². The van der Waals surface area contributed by atoms with E-state index >= 15 is 0 Å². The minimum Gasteiger partial charge on any atom is -0.356 e. The first kappa shape index (κ1) is 18.6. The molecule has 3 rings (SSSR count). The fraction of sp³-hybridized carbons (Fsp3) is 0.333. The van der Waals surface area contributed by atoms with E-state index in [4.69, 9.17) is 0 Å². The fourth-order valence-electron chi connectivity index (χ4n) is 2.67. The zero-order chi connectivity index (χ0) is 16.1. The lowest BCUT2D eigenvalue weighted by molar-refractivity contribution is 0.617. The van der Waals surface area contributed by atoms with Crippen molar-refractivity contribution in [1.29, 1.82) is 0 Å². The second-order valence-electron chi connectivity index (χ2n) is 5.89. The molecule has 0 unspecified atom stereocenters. The van der Waals surface area contributed by atoms with Gasteiger partial charge in [-0.1, -0.05) is 18.2 Å². The minimum atomic E-state index is -0.189. The van der Waals surface area contributed by atoms with Gasteiger partial charge in [0.15, 0.2) is 5.96 Å². The molecule has 128 valence electrons. The summed E-state index contributed by atoms with van der Waals surface area (Å²) >= 11 is 0. The summed E-state index contributed by atoms with van der Waals surface area (Å²) in [5.74, 6) is 0.564. The molecule has 2 aromatic rings. The number of aromatic nitrogens is 1. The molecule has 2 N–H and O–H groups in total. The number of nitrogens with zero attached hydrogens (tertiary/aromatic N) is 2. The van der Waals surface area contributed by atoms with Crippen molar-refractivity contribution < 1.29 is 4.39 Å². The zero-order valence-corrected chi connectivity index (χ0v) is 16.0. The molecular weight excluding hydrogens is 418 g/mol. The molecule has 1 saturated carbocycles. The average Bonchev–Trinajstić information content (AvgIpc) is 3.38. The van der Waals surface area contributed by atoms with Crippen molar-refractivity contribution in [3.8, 4) is 0 Å². The van der Waals surface area contributed by atoms with Crippen LogP contribution in [0.4, 0.5) is 4.39 Å². The Morgan fingerprint density at radius 2 is 1.92 bits per heavy atom. The van der Waals surface area contributed by atoms with Crippen molar-refractivity contribution in [3.63, 3.8) is 0 Å². The second-order valence-corrected chi connectivity index (χ2v) is 5.89. The lowest BCUT2D eigenvalue weighted by atomic mass is 9.96. The first-order valence-electron chi connectivity index (χ1n) is 7.82. The van der Waals surface area contributed by atoms with Gasteiger partial charge in [-0.2, -0.15) is 0 Å². The van der Waals surface area contributed by atoms with Gasteiger partial charge in [0.1, 0.15) is 5.82 Å². The monoisotopic (exact) mass is 440 g/mol. The van der Waals surface area contributed by atoms with Crippen LogP contribution in [-0.4, -0.2) is 24.5 Å². The maximum absolute atomic E-state index is 13.1. The van der Waals surface area contributed by atoms with Crippen LogP contribution in [-0.2, 0) is 12.0 Å². The molecule has 24 heavy (non-hydrogen) atoms. The molecule has 1 aliphatic rings. The van der Waals surface area contributed by atoms with Gasteiger partial charge in [0.25, 0.3) is 0 Å². The van der Waals surface area contributed by atoms with E-state index in [-0.39, 0.29) is 35.2 Å². The van der Waals surface area contributed by atoms with Crippen molar-refractivity contribution in [3.05, 3.63) is 65.7 Å². The molecule has 0 bridgehead atoms. The molecule has 0 spiro atoms. The van der Waals surface area contributed by atoms with E-state index in [1.165, 1.54) is 17.7 Å². The number of guanidine groups is 1. The average molecular weight is 440 g/mol. The maximum atomic E-state index is 13.1. The Kier molecular flexibility index (Phi) is 6.53. The van der Waals surface area contributed by atoms with E-state index in [2.05, 4.69) is 20.6 Å². The Balaban J connectivity index is 0.00000208. The number of hydrogen-bond donors (Lipinski definition) is 2. The maximum Gasteiger partial charge on any atom is 0.191 e. The molecule has 1 aromatic carbocycles. The highest BCUT2D eigenvalue weighted by molar-refractivity contribution is 14.0. The number of pyridine rings is 1. The largest absolute Gasteiger partial charge is 0.356 e. The number of nitrogens with one attached hydrogen (secondary N) is 2. The number of benzene rings is 1. The molecule has 1 heterocycles. The van der Waals surface area contributed by atoms with Crippen molar-refractivity contribution in [2.24, 2.45) is 4.99 Å². The highest BCUT2D eigenvalue weighted by Crippen LogP contribution is 2.47. The summed E-state index contributed by atoms with van der Waals surface area (Å²) in [6.45, 7) is 1.42. The van der Waals surface area contributed by atoms with Crippen LogP contribution in [0, 0.1) is 5.82 Å². The molecule has 4 nitrogen and oxygen atoms in total. The van der Waals surface area contributed by atoms with E-state index in [0.29, 0.717) is 6.54 Å². The van der Waals surface area contributed by atoms with Crippen LogP contribution in [0.15, 0.2) is 53.7 Å². The molecule has 6 heteroatoms.